The minimum Gasteiger partial charge on any atom is -0.396 e. The van der Waals surface area contributed by atoms with Gasteiger partial charge in [0.15, 0.2) is 0 Å². The van der Waals surface area contributed by atoms with Crippen LogP contribution in [0.1, 0.15) is 24.5 Å². The molecule has 1 rings (SSSR count). The second-order valence-electron chi connectivity index (χ2n) is 3.76. The maximum Gasteiger partial charge on any atom is 0.0441 e. The molecule has 0 saturated carbocycles. The standard InChI is InChI=1S/C12H19NOS/c1-9-3-4-12(11(7-9)8-13)15-10(2)5-6-14/h3-4,7,10,14H,5-6,8,13H2,1-2H3. The Balaban J connectivity index is 2.75. The van der Waals surface area contributed by atoms with E-state index < -0.39 is 0 Å². The molecule has 0 aliphatic rings. The van der Waals surface area contributed by atoms with Gasteiger partial charge < -0.3 is 10.8 Å². The van der Waals surface area contributed by atoms with Crippen molar-refractivity contribution < 1.29 is 5.11 Å². The smallest absolute Gasteiger partial charge is 0.0441 e. The van der Waals surface area contributed by atoms with Gasteiger partial charge in [0.2, 0.25) is 0 Å². The minimum atomic E-state index is 0.248. The van der Waals surface area contributed by atoms with Crippen LogP contribution in [0.4, 0.5) is 0 Å². The number of benzene rings is 1. The van der Waals surface area contributed by atoms with E-state index in [-0.39, 0.29) is 6.61 Å². The van der Waals surface area contributed by atoms with Crippen LogP contribution in [0.25, 0.3) is 0 Å². The lowest BCUT2D eigenvalue weighted by atomic mass is 10.1. The third-order valence-corrected chi connectivity index (χ3v) is 3.59. The van der Waals surface area contributed by atoms with Crippen LogP contribution in [0.2, 0.25) is 0 Å². The van der Waals surface area contributed by atoms with Crippen molar-refractivity contribution in [3.63, 3.8) is 0 Å². The molecule has 0 bridgehead atoms. The van der Waals surface area contributed by atoms with Gasteiger partial charge in [-0.05, 0) is 25.0 Å². The van der Waals surface area contributed by atoms with Crippen molar-refractivity contribution in [2.45, 2.75) is 37.0 Å². The summed E-state index contributed by atoms with van der Waals surface area (Å²) in [5.74, 6) is 0. The van der Waals surface area contributed by atoms with Gasteiger partial charge >= 0.3 is 0 Å². The molecule has 0 amide bonds. The summed E-state index contributed by atoms with van der Waals surface area (Å²) in [6, 6.07) is 6.36. The first-order chi connectivity index (χ1) is 7.17. The first kappa shape index (κ1) is 12.6. The van der Waals surface area contributed by atoms with Crippen molar-refractivity contribution in [3.8, 4) is 0 Å². The Hall–Kier alpha value is -0.510. The topological polar surface area (TPSA) is 46.2 Å². The highest BCUT2D eigenvalue weighted by Crippen LogP contribution is 2.28. The number of aliphatic hydroxyl groups is 1. The number of aliphatic hydroxyl groups excluding tert-OH is 1. The zero-order chi connectivity index (χ0) is 11.3. The molecular formula is C12H19NOS. The lowest BCUT2D eigenvalue weighted by molar-refractivity contribution is 0.289. The second-order valence-corrected chi connectivity index (χ2v) is 5.24. The van der Waals surface area contributed by atoms with Gasteiger partial charge in [-0.2, -0.15) is 0 Å². The van der Waals surface area contributed by atoms with Crippen LogP contribution < -0.4 is 5.73 Å². The summed E-state index contributed by atoms with van der Waals surface area (Å²) in [5.41, 5.74) is 8.15. The average Bonchev–Trinajstić information content (AvgIpc) is 2.21. The highest BCUT2D eigenvalue weighted by molar-refractivity contribution is 8.00. The SMILES string of the molecule is Cc1ccc(SC(C)CCO)c(CN)c1. The summed E-state index contributed by atoms with van der Waals surface area (Å²) >= 11 is 1.79. The fourth-order valence-corrected chi connectivity index (χ4v) is 2.54. The molecule has 0 fully saturated rings. The maximum absolute atomic E-state index is 8.85. The Bertz CT molecular complexity index is 314. The molecule has 0 radical (unpaired) electrons. The Morgan fingerprint density at radius 1 is 1.47 bits per heavy atom. The Kier molecular flexibility index (Phi) is 5.15. The van der Waals surface area contributed by atoms with Crippen molar-refractivity contribution in [3.05, 3.63) is 29.3 Å². The molecule has 0 aliphatic heterocycles. The van der Waals surface area contributed by atoms with Gasteiger partial charge in [0.25, 0.3) is 0 Å². The molecule has 0 aromatic heterocycles. The first-order valence-corrected chi connectivity index (χ1v) is 6.12. The van der Waals surface area contributed by atoms with Crippen LogP contribution in [-0.4, -0.2) is 17.0 Å². The molecule has 3 heteroatoms. The quantitative estimate of drug-likeness (QED) is 0.756. The zero-order valence-electron chi connectivity index (χ0n) is 9.36. The van der Waals surface area contributed by atoms with Gasteiger partial charge in [-0.25, -0.2) is 0 Å². The molecule has 3 N–H and O–H groups in total. The lowest BCUT2D eigenvalue weighted by Crippen LogP contribution is -2.03. The van der Waals surface area contributed by atoms with Crippen molar-refractivity contribution in [2.24, 2.45) is 5.73 Å². The van der Waals surface area contributed by atoms with E-state index in [0.717, 1.165) is 6.42 Å². The summed E-state index contributed by atoms with van der Waals surface area (Å²) < 4.78 is 0. The van der Waals surface area contributed by atoms with Gasteiger partial charge in [0, 0.05) is 23.3 Å². The largest absolute Gasteiger partial charge is 0.396 e. The maximum atomic E-state index is 8.85. The molecule has 0 heterocycles. The van der Waals surface area contributed by atoms with Crippen molar-refractivity contribution >= 4 is 11.8 Å². The van der Waals surface area contributed by atoms with E-state index in [1.54, 1.807) is 11.8 Å². The Morgan fingerprint density at radius 2 is 2.20 bits per heavy atom. The van der Waals surface area contributed by atoms with Gasteiger partial charge in [-0.15, -0.1) is 11.8 Å². The Morgan fingerprint density at radius 3 is 2.80 bits per heavy atom. The molecule has 0 spiro atoms. The van der Waals surface area contributed by atoms with Crippen LogP contribution in [-0.2, 0) is 6.54 Å². The monoisotopic (exact) mass is 225 g/mol. The summed E-state index contributed by atoms with van der Waals surface area (Å²) in [5, 5.41) is 9.28. The molecule has 2 nitrogen and oxygen atoms in total. The van der Waals surface area contributed by atoms with E-state index in [0.29, 0.717) is 11.8 Å². The lowest BCUT2D eigenvalue weighted by Gasteiger charge is -2.13. The van der Waals surface area contributed by atoms with Crippen LogP contribution in [0.3, 0.4) is 0 Å². The molecule has 84 valence electrons. The van der Waals surface area contributed by atoms with E-state index >= 15 is 0 Å². The normalized spacial score (nSPS) is 12.8. The molecule has 1 aromatic carbocycles. The van der Waals surface area contributed by atoms with E-state index in [2.05, 4.69) is 32.0 Å². The molecule has 1 unspecified atom stereocenters. The zero-order valence-corrected chi connectivity index (χ0v) is 10.2. The average molecular weight is 225 g/mol. The predicted molar refractivity (Wildman–Crippen MR) is 66.1 cm³/mol. The summed E-state index contributed by atoms with van der Waals surface area (Å²) in [7, 11) is 0. The molecule has 0 saturated heterocycles. The number of nitrogens with two attached hydrogens (primary N) is 1. The second kappa shape index (κ2) is 6.16. The number of thioether (sulfide) groups is 1. The summed E-state index contributed by atoms with van der Waals surface area (Å²) in [4.78, 5) is 1.24. The molecule has 1 aromatic rings. The van der Waals surface area contributed by atoms with E-state index in [9.17, 15) is 0 Å². The van der Waals surface area contributed by atoms with Gasteiger partial charge in [-0.1, -0.05) is 24.6 Å². The fraction of sp³-hybridized carbons (Fsp3) is 0.500. The van der Waals surface area contributed by atoms with Crippen LogP contribution in [0.15, 0.2) is 23.1 Å². The van der Waals surface area contributed by atoms with Crippen LogP contribution in [0.5, 0.6) is 0 Å². The van der Waals surface area contributed by atoms with Crippen molar-refractivity contribution in [1.82, 2.24) is 0 Å². The van der Waals surface area contributed by atoms with Gasteiger partial charge in [-0.3, -0.25) is 0 Å². The number of rotatable bonds is 5. The van der Waals surface area contributed by atoms with Crippen molar-refractivity contribution in [1.29, 1.82) is 0 Å². The summed E-state index contributed by atoms with van der Waals surface area (Å²) in [6.07, 6.45) is 0.822. The first-order valence-electron chi connectivity index (χ1n) is 5.24. The number of aryl methyl sites for hydroxylation is 1. The van der Waals surface area contributed by atoms with Crippen molar-refractivity contribution in [2.75, 3.05) is 6.61 Å². The summed E-state index contributed by atoms with van der Waals surface area (Å²) in [6.45, 7) is 5.03. The van der Waals surface area contributed by atoms with E-state index in [4.69, 9.17) is 10.8 Å². The third-order valence-electron chi connectivity index (χ3n) is 2.30. The van der Waals surface area contributed by atoms with E-state index in [1.165, 1.54) is 16.0 Å². The fourth-order valence-electron chi connectivity index (χ4n) is 1.44. The number of hydrogen-bond donors (Lipinski definition) is 2. The number of hydrogen-bond acceptors (Lipinski definition) is 3. The highest BCUT2D eigenvalue weighted by Gasteiger charge is 2.07. The molecule has 15 heavy (non-hydrogen) atoms. The third kappa shape index (κ3) is 3.86. The van der Waals surface area contributed by atoms with E-state index in [1.807, 2.05) is 0 Å². The predicted octanol–water partition coefficient (Wildman–Crippen LogP) is 2.32. The van der Waals surface area contributed by atoms with Crippen LogP contribution in [0, 0.1) is 6.92 Å². The van der Waals surface area contributed by atoms with Gasteiger partial charge in [0.05, 0.1) is 0 Å². The Labute approximate surface area is 95.9 Å². The molecule has 1 atom stereocenters. The highest BCUT2D eigenvalue weighted by atomic mass is 32.2. The molecule has 0 aliphatic carbocycles. The molecular weight excluding hydrogens is 206 g/mol. The van der Waals surface area contributed by atoms with Gasteiger partial charge in [0.1, 0.15) is 0 Å². The minimum absolute atomic E-state index is 0.248. The van der Waals surface area contributed by atoms with Crippen LogP contribution >= 0.6 is 11.8 Å².